The summed E-state index contributed by atoms with van der Waals surface area (Å²) >= 11 is 1.54. The molecule has 3 heterocycles. The highest BCUT2D eigenvalue weighted by atomic mass is 32.1. The summed E-state index contributed by atoms with van der Waals surface area (Å²) in [5, 5.41) is 3.77. The van der Waals surface area contributed by atoms with E-state index in [0.717, 1.165) is 31.4 Å². The molecule has 10 heteroatoms. The molecule has 2 amide bonds. The summed E-state index contributed by atoms with van der Waals surface area (Å²) < 4.78 is 12.7. The van der Waals surface area contributed by atoms with Gasteiger partial charge in [-0.1, -0.05) is 19.1 Å². The lowest BCUT2D eigenvalue weighted by atomic mass is 10.0. The van der Waals surface area contributed by atoms with Gasteiger partial charge in [-0.15, -0.1) is 11.3 Å². The van der Waals surface area contributed by atoms with Crippen LogP contribution in [0.5, 0.6) is 0 Å². The third-order valence-electron chi connectivity index (χ3n) is 5.97. The zero-order chi connectivity index (χ0) is 24.9. The number of carbonyl (C=O) groups excluding carboxylic acids is 2. The first-order chi connectivity index (χ1) is 16.9. The van der Waals surface area contributed by atoms with Crippen molar-refractivity contribution in [2.75, 3.05) is 45.7 Å². The fourth-order valence-corrected chi connectivity index (χ4v) is 5.13. The van der Waals surface area contributed by atoms with Gasteiger partial charge in [-0.05, 0) is 30.2 Å². The van der Waals surface area contributed by atoms with E-state index in [0.29, 0.717) is 49.9 Å². The number of allylic oxidation sites excluding steroid dienone is 2. The van der Waals surface area contributed by atoms with E-state index in [1.807, 2.05) is 26.0 Å². The van der Waals surface area contributed by atoms with Gasteiger partial charge in [-0.3, -0.25) is 9.59 Å². The topological polar surface area (TPSA) is 120 Å². The smallest absolute Gasteiger partial charge is 0.255 e. The van der Waals surface area contributed by atoms with Gasteiger partial charge in [0.15, 0.2) is 0 Å². The summed E-state index contributed by atoms with van der Waals surface area (Å²) in [4.78, 5) is 35.7. The number of morpholine rings is 1. The van der Waals surface area contributed by atoms with Crippen molar-refractivity contribution in [3.63, 3.8) is 0 Å². The van der Waals surface area contributed by atoms with Gasteiger partial charge in [-0.25, -0.2) is 9.97 Å². The van der Waals surface area contributed by atoms with Gasteiger partial charge in [0.1, 0.15) is 17.9 Å². The van der Waals surface area contributed by atoms with Crippen LogP contribution in [0, 0.1) is 0 Å². The normalized spacial score (nSPS) is 15.3. The number of ether oxygens (including phenoxy) is 2. The van der Waals surface area contributed by atoms with Crippen LogP contribution in [0.4, 0.5) is 5.82 Å². The molecule has 9 nitrogen and oxygen atoms in total. The number of fused-ring (bicyclic) bond motifs is 3. The van der Waals surface area contributed by atoms with Crippen LogP contribution in [-0.2, 0) is 19.1 Å². The number of nitrogens with one attached hydrogen (secondary N) is 1. The highest BCUT2D eigenvalue weighted by Crippen LogP contribution is 2.36. The first kappa shape index (κ1) is 24.6. The van der Waals surface area contributed by atoms with Crippen LogP contribution < -0.4 is 11.1 Å². The quantitative estimate of drug-likeness (QED) is 0.294. The standard InChI is InChI=1S/C25H29N5O4S/c1-4-19(33-3)18(25(32)27-13-21(31)30-7-9-34-10-8-30)11-15(2)16-5-6-17-20(12-16)35-23-22(17)28-14-29-24(23)26/h5-6,11-12,14H,4,7-10,13H2,1-3H3,(H,27,32)(H2,26,28,29). The van der Waals surface area contributed by atoms with E-state index in [1.54, 1.807) is 29.4 Å². The zero-order valence-corrected chi connectivity index (χ0v) is 20.9. The molecule has 1 aromatic carbocycles. The lowest BCUT2D eigenvalue weighted by molar-refractivity contribution is -0.135. The number of nitrogens with two attached hydrogens (primary N) is 1. The second-order valence-electron chi connectivity index (χ2n) is 8.15. The Kier molecular flexibility index (Phi) is 7.62. The number of benzene rings is 1. The van der Waals surface area contributed by atoms with Gasteiger partial charge < -0.3 is 25.4 Å². The number of thiophene rings is 1. The molecule has 2 aromatic heterocycles. The molecule has 0 bridgehead atoms. The van der Waals surface area contributed by atoms with Crippen LogP contribution in [-0.4, -0.2) is 66.6 Å². The summed E-state index contributed by atoms with van der Waals surface area (Å²) in [7, 11) is 1.54. The molecule has 1 aliphatic rings. The summed E-state index contributed by atoms with van der Waals surface area (Å²) in [6.45, 7) is 5.88. The Labute approximate surface area is 207 Å². The maximum absolute atomic E-state index is 13.1. The number of hydrogen-bond acceptors (Lipinski definition) is 8. The van der Waals surface area contributed by atoms with Gasteiger partial charge in [0, 0.05) is 29.6 Å². The summed E-state index contributed by atoms with van der Waals surface area (Å²) in [5.74, 6) is 0.531. The third kappa shape index (κ3) is 5.28. The predicted molar refractivity (Wildman–Crippen MR) is 138 cm³/mol. The Bertz CT molecular complexity index is 1320. The maximum Gasteiger partial charge on any atom is 0.255 e. The van der Waals surface area contributed by atoms with Crippen LogP contribution in [0.2, 0.25) is 0 Å². The van der Waals surface area contributed by atoms with Crippen molar-refractivity contribution in [2.24, 2.45) is 0 Å². The van der Waals surface area contributed by atoms with E-state index in [-0.39, 0.29) is 18.4 Å². The molecule has 0 radical (unpaired) electrons. The highest BCUT2D eigenvalue weighted by molar-refractivity contribution is 7.26. The van der Waals surface area contributed by atoms with Gasteiger partial charge in [0.25, 0.3) is 5.91 Å². The second kappa shape index (κ2) is 10.8. The molecule has 4 rings (SSSR count). The molecule has 0 saturated carbocycles. The minimum atomic E-state index is -0.351. The number of anilines is 1. The van der Waals surface area contributed by atoms with E-state index in [1.165, 1.54) is 6.33 Å². The van der Waals surface area contributed by atoms with Crippen molar-refractivity contribution in [1.82, 2.24) is 20.2 Å². The molecule has 0 unspecified atom stereocenters. The summed E-state index contributed by atoms with van der Waals surface area (Å²) in [6.07, 6.45) is 3.81. The lowest BCUT2D eigenvalue weighted by Crippen LogP contribution is -2.45. The monoisotopic (exact) mass is 495 g/mol. The van der Waals surface area contributed by atoms with E-state index in [9.17, 15) is 9.59 Å². The minimum absolute atomic E-state index is 0.0773. The highest BCUT2D eigenvalue weighted by Gasteiger charge is 2.20. The molecule has 3 aromatic rings. The first-order valence-corrected chi connectivity index (χ1v) is 12.3. The van der Waals surface area contributed by atoms with Crippen molar-refractivity contribution in [2.45, 2.75) is 20.3 Å². The van der Waals surface area contributed by atoms with Gasteiger partial charge in [0.05, 0.1) is 42.7 Å². The number of nitrogens with zero attached hydrogens (tertiary/aromatic N) is 3. The number of carbonyl (C=O) groups is 2. The molecular formula is C25H29N5O4S. The van der Waals surface area contributed by atoms with Crippen LogP contribution >= 0.6 is 11.3 Å². The largest absolute Gasteiger partial charge is 0.500 e. The van der Waals surface area contributed by atoms with Crippen molar-refractivity contribution < 1.29 is 19.1 Å². The van der Waals surface area contributed by atoms with Crippen LogP contribution in [0.25, 0.3) is 25.9 Å². The number of hydrogen-bond donors (Lipinski definition) is 2. The fraction of sp³-hybridized carbons (Fsp3) is 0.360. The molecule has 1 fully saturated rings. The number of amides is 2. The zero-order valence-electron chi connectivity index (χ0n) is 20.1. The van der Waals surface area contributed by atoms with Gasteiger partial charge >= 0.3 is 0 Å². The van der Waals surface area contributed by atoms with Crippen LogP contribution in [0.15, 0.2) is 41.9 Å². The Balaban J connectivity index is 1.59. The molecule has 1 saturated heterocycles. The van der Waals surface area contributed by atoms with Crippen molar-refractivity contribution >= 4 is 54.8 Å². The Morgan fingerprint density at radius 1 is 1.29 bits per heavy atom. The van der Waals surface area contributed by atoms with Crippen LogP contribution in [0.1, 0.15) is 25.8 Å². The molecular weight excluding hydrogens is 466 g/mol. The minimum Gasteiger partial charge on any atom is -0.500 e. The van der Waals surface area contributed by atoms with Crippen molar-refractivity contribution in [1.29, 1.82) is 0 Å². The number of rotatable bonds is 7. The SMILES string of the molecule is CCC(OC)=C(C=C(C)c1ccc2c(c1)sc1c(N)ncnc12)C(=O)NCC(=O)N1CCOCC1. The fourth-order valence-electron chi connectivity index (χ4n) is 4.03. The van der Waals surface area contributed by atoms with E-state index >= 15 is 0 Å². The van der Waals surface area contributed by atoms with Gasteiger partial charge in [0.2, 0.25) is 5.91 Å². The Morgan fingerprint density at radius 2 is 2.06 bits per heavy atom. The maximum atomic E-state index is 13.1. The molecule has 0 spiro atoms. The lowest BCUT2D eigenvalue weighted by Gasteiger charge is -2.27. The molecule has 0 atom stereocenters. The Morgan fingerprint density at radius 3 is 2.77 bits per heavy atom. The number of aromatic nitrogens is 2. The van der Waals surface area contributed by atoms with E-state index < -0.39 is 0 Å². The van der Waals surface area contributed by atoms with Gasteiger partial charge in [-0.2, -0.15) is 0 Å². The molecule has 184 valence electrons. The van der Waals surface area contributed by atoms with Crippen LogP contribution in [0.3, 0.4) is 0 Å². The first-order valence-electron chi connectivity index (χ1n) is 11.4. The van der Waals surface area contributed by atoms with E-state index in [4.69, 9.17) is 15.2 Å². The molecule has 1 aliphatic heterocycles. The summed E-state index contributed by atoms with van der Waals surface area (Å²) in [5.41, 5.74) is 9.10. The van der Waals surface area contributed by atoms with E-state index in [2.05, 4.69) is 21.4 Å². The predicted octanol–water partition coefficient (Wildman–Crippen LogP) is 3.12. The average molecular weight is 496 g/mol. The summed E-state index contributed by atoms with van der Waals surface area (Å²) in [6, 6.07) is 6.06. The number of methoxy groups -OCH3 is 1. The average Bonchev–Trinajstić information content (AvgIpc) is 3.27. The molecule has 3 N–H and O–H groups in total. The molecule has 0 aliphatic carbocycles. The number of nitrogen functional groups attached to an aromatic ring is 1. The second-order valence-corrected chi connectivity index (χ2v) is 9.20. The Hall–Kier alpha value is -3.50. The molecule has 35 heavy (non-hydrogen) atoms. The van der Waals surface area contributed by atoms with Crippen molar-refractivity contribution in [3.05, 3.63) is 47.5 Å². The third-order valence-corrected chi connectivity index (χ3v) is 7.14. The van der Waals surface area contributed by atoms with Crippen molar-refractivity contribution in [3.8, 4) is 0 Å².